The summed E-state index contributed by atoms with van der Waals surface area (Å²) in [4.78, 5) is 18.1. The van der Waals surface area contributed by atoms with Crippen LogP contribution in [-0.2, 0) is 34.2 Å². The number of sulfonamides is 1. The molecule has 0 saturated heterocycles. The van der Waals surface area contributed by atoms with Crippen LogP contribution in [0, 0.1) is 13.8 Å². The molecule has 0 bridgehead atoms. The summed E-state index contributed by atoms with van der Waals surface area (Å²) in [7, 11) is -3.56. The first kappa shape index (κ1) is 20.7. The summed E-state index contributed by atoms with van der Waals surface area (Å²) in [6.45, 7) is 4.56. The van der Waals surface area contributed by atoms with Gasteiger partial charge in [0.2, 0.25) is 15.9 Å². The molecule has 0 unspecified atom stereocenters. The first-order valence-electron chi connectivity index (χ1n) is 9.73. The van der Waals surface area contributed by atoms with Gasteiger partial charge in [-0.3, -0.25) is 4.79 Å². The van der Waals surface area contributed by atoms with E-state index in [-0.39, 0.29) is 18.9 Å². The number of rotatable bonds is 5. The number of nitrogens with one attached hydrogen (secondary N) is 1. The Morgan fingerprint density at radius 3 is 2.60 bits per heavy atom. The molecule has 0 saturated carbocycles. The summed E-state index contributed by atoms with van der Waals surface area (Å²) in [5, 5.41) is 3.39. The molecule has 0 spiro atoms. The monoisotopic (exact) mass is 441 g/mol. The number of nitrogens with zero attached hydrogens (tertiary/aromatic N) is 2. The fourth-order valence-electron chi connectivity index (χ4n) is 3.43. The second-order valence-electron chi connectivity index (χ2n) is 7.44. The van der Waals surface area contributed by atoms with E-state index in [4.69, 9.17) is 0 Å². The molecule has 4 rings (SSSR count). The summed E-state index contributed by atoms with van der Waals surface area (Å²) in [5.41, 5.74) is 3.93. The molecule has 1 aliphatic heterocycles. The highest BCUT2D eigenvalue weighted by Gasteiger charge is 2.30. The van der Waals surface area contributed by atoms with Gasteiger partial charge in [-0.05, 0) is 37.1 Å². The first-order chi connectivity index (χ1) is 14.3. The summed E-state index contributed by atoms with van der Waals surface area (Å²) in [5.74, 6) is -0.125. The number of hydrogen-bond donors (Lipinski definition) is 1. The molecule has 8 heteroatoms. The molecule has 1 aromatic heterocycles. The van der Waals surface area contributed by atoms with Crippen LogP contribution in [-0.4, -0.2) is 30.2 Å². The van der Waals surface area contributed by atoms with Crippen LogP contribution in [0.4, 0.5) is 5.13 Å². The van der Waals surface area contributed by atoms with E-state index in [1.165, 1.54) is 15.6 Å². The van der Waals surface area contributed by atoms with Crippen molar-refractivity contribution >= 4 is 32.4 Å². The molecule has 2 aromatic carbocycles. The molecule has 2 heterocycles. The Labute approximate surface area is 180 Å². The zero-order valence-corrected chi connectivity index (χ0v) is 18.5. The summed E-state index contributed by atoms with van der Waals surface area (Å²) >= 11 is 1.35. The third-order valence-electron chi connectivity index (χ3n) is 5.21. The van der Waals surface area contributed by atoms with Crippen LogP contribution in [0.15, 0.2) is 53.4 Å². The van der Waals surface area contributed by atoms with Crippen LogP contribution in [0.5, 0.6) is 0 Å². The smallest absolute Gasteiger partial charge is 0.243 e. The average molecular weight is 442 g/mol. The van der Waals surface area contributed by atoms with Crippen LogP contribution in [0.25, 0.3) is 0 Å². The highest BCUT2D eigenvalue weighted by molar-refractivity contribution is 7.89. The van der Waals surface area contributed by atoms with E-state index in [9.17, 15) is 13.2 Å². The Balaban J connectivity index is 1.46. The van der Waals surface area contributed by atoms with Gasteiger partial charge in [-0.25, -0.2) is 13.4 Å². The molecule has 1 N–H and O–H groups in total. The minimum atomic E-state index is -3.56. The molecular formula is C22H23N3O3S2. The third-order valence-corrected chi connectivity index (χ3v) is 8.07. The maximum Gasteiger partial charge on any atom is 0.243 e. The van der Waals surface area contributed by atoms with Crippen molar-refractivity contribution in [3.63, 3.8) is 0 Å². The predicted molar refractivity (Wildman–Crippen MR) is 118 cm³/mol. The largest absolute Gasteiger partial charge is 0.302 e. The fourth-order valence-corrected chi connectivity index (χ4v) is 5.97. The number of aromatic nitrogens is 1. The number of anilines is 1. The van der Waals surface area contributed by atoms with Gasteiger partial charge in [-0.2, -0.15) is 4.31 Å². The van der Waals surface area contributed by atoms with Crippen molar-refractivity contribution in [1.29, 1.82) is 0 Å². The normalized spacial score (nSPS) is 14.3. The molecule has 156 valence electrons. The molecule has 0 fully saturated rings. The summed E-state index contributed by atoms with van der Waals surface area (Å²) < 4.78 is 27.4. The molecule has 3 aromatic rings. The molecule has 6 nitrogen and oxygen atoms in total. The molecular weight excluding hydrogens is 418 g/mol. The first-order valence-corrected chi connectivity index (χ1v) is 12.0. The number of fused-ring (bicyclic) bond motifs is 1. The highest BCUT2D eigenvalue weighted by Crippen LogP contribution is 2.31. The Hall–Kier alpha value is -2.55. The van der Waals surface area contributed by atoms with Gasteiger partial charge in [0.05, 0.1) is 23.6 Å². The Morgan fingerprint density at radius 1 is 1.13 bits per heavy atom. The molecule has 0 radical (unpaired) electrons. The van der Waals surface area contributed by atoms with Crippen LogP contribution >= 0.6 is 11.3 Å². The second kappa shape index (κ2) is 8.29. The van der Waals surface area contributed by atoms with E-state index in [1.807, 2.05) is 38.1 Å². The van der Waals surface area contributed by atoms with Crippen molar-refractivity contribution in [2.75, 3.05) is 11.9 Å². The topological polar surface area (TPSA) is 79.4 Å². The van der Waals surface area contributed by atoms with Crippen molar-refractivity contribution in [2.24, 2.45) is 0 Å². The number of hydrogen-bond acceptors (Lipinski definition) is 5. The maximum atomic E-state index is 13.0. The zero-order chi connectivity index (χ0) is 21.3. The van der Waals surface area contributed by atoms with Gasteiger partial charge in [0.25, 0.3) is 0 Å². The molecule has 1 aliphatic rings. The molecule has 0 aliphatic carbocycles. The van der Waals surface area contributed by atoms with Crippen molar-refractivity contribution in [2.45, 2.75) is 38.1 Å². The number of aryl methyl sites for hydroxylation is 2. The standard InChI is InChI=1S/C22H23N3O3S2/c1-15-7-9-18(10-8-15)30(27,28)25-12-11-19-20(14-25)29-22(23-19)24-21(26)13-17-6-4-3-5-16(17)2/h3-10H,11-14H2,1-2H3,(H,23,24,26). The van der Waals surface area contributed by atoms with Crippen molar-refractivity contribution in [1.82, 2.24) is 9.29 Å². The van der Waals surface area contributed by atoms with Gasteiger partial charge in [0.15, 0.2) is 5.13 Å². The fraction of sp³-hybridized carbons (Fsp3) is 0.273. The van der Waals surface area contributed by atoms with E-state index in [0.29, 0.717) is 23.0 Å². The minimum Gasteiger partial charge on any atom is -0.302 e. The SMILES string of the molecule is Cc1ccc(S(=O)(=O)N2CCc3nc(NC(=O)Cc4ccccc4C)sc3C2)cc1. The summed E-state index contributed by atoms with van der Waals surface area (Å²) in [6, 6.07) is 14.7. The quantitative estimate of drug-likeness (QED) is 0.655. The van der Waals surface area contributed by atoms with Gasteiger partial charge in [-0.15, -0.1) is 11.3 Å². The van der Waals surface area contributed by atoms with Gasteiger partial charge in [0, 0.05) is 17.8 Å². The van der Waals surface area contributed by atoms with E-state index in [0.717, 1.165) is 27.3 Å². The molecule has 30 heavy (non-hydrogen) atoms. The van der Waals surface area contributed by atoms with Gasteiger partial charge < -0.3 is 5.32 Å². The lowest BCUT2D eigenvalue weighted by atomic mass is 10.1. The van der Waals surface area contributed by atoms with Crippen molar-refractivity contribution in [3.8, 4) is 0 Å². The van der Waals surface area contributed by atoms with E-state index in [2.05, 4.69) is 10.3 Å². The van der Waals surface area contributed by atoms with E-state index in [1.54, 1.807) is 24.3 Å². The highest BCUT2D eigenvalue weighted by atomic mass is 32.2. The third kappa shape index (κ3) is 4.30. The van der Waals surface area contributed by atoms with Crippen LogP contribution < -0.4 is 5.32 Å². The van der Waals surface area contributed by atoms with Crippen LogP contribution in [0.3, 0.4) is 0 Å². The lowest BCUT2D eigenvalue weighted by molar-refractivity contribution is -0.115. The average Bonchev–Trinajstić information content (AvgIpc) is 3.11. The van der Waals surface area contributed by atoms with Gasteiger partial charge in [-0.1, -0.05) is 42.0 Å². The van der Waals surface area contributed by atoms with Crippen LogP contribution in [0.2, 0.25) is 0 Å². The number of carbonyl (C=O) groups is 1. The Bertz CT molecular complexity index is 1180. The number of thiazole rings is 1. The lowest BCUT2D eigenvalue weighted by Crippen LogP contribution is -2.35. The Kier molecular flexibility index (Phi) is 5.73. The van der Waals surface area contributed by atoms with Gasteiger partial charge in [0.1, 0.15) is 0 Å². The Morgan fingerprint density at radius 2 is 1.87 bits per heavy atom. The van der Waals surface area contributed by atoms with Crippen molar-refractivity contribution < 1.29 is 13.2 Å². The lowest BCUT2D eigenvalue weighted by Gasteiger charge is -2.25. The number of carbonyl (C=O) groups excluding carboxylic acids is 1. The number of amides is 1. The predicted octanol–water partition coefficient (Wildman–Crippen LogP) is 3.69. The van der Waals surface area contributed by atoms with Crippen LogP contribution in [0.1, 0.15) is 27.3 Å². The van der Waals surface area contributed by atoms with Gasteiger partial charge >= 0.3 is 0 Å². The minimum absolute atomic E-state index is 0.125. The van der Waals surface area contributed by atoms with E-state index >= 15 is 0 Å². The second-order valence-corrected chi connectivity index (χ2v) is 10.5. The summed E-state index contributed by atoms with van der Waals surface area (Å²) in [6.07, 6.45) is 0.815. The number of benzene rings is 2. The molecule has 0 atom stereocenters. The van der Waals surface area contributed by atoms with Crippen molar-refractivity contribution in [3.05, 3.63) is 75.8 Å². The van der Waals surface area contributed by atoms with E-state index < -0.39 is 10.0 Å². The maximum absolute atomic E-state index is 13.0. The zero-order valence-electron chi connectivity index (χ0n) is 16.9. The molecule has 1 amide bonds.